The van der Waals surface area contributed by atoms with E-state index in [1.807, 2.05) is 6.92 Å². The molecular weight excluding hydrogens is 246 g/mol. The van der Waals surface area contributed by atoms with Gasteiger partial charge in [-0.05, 0) is 32.4 Å². The van der Waals surface area contributed by atoms with Gasteiger partial charge in [0.05, 0.1) is 13.2 Å². The summed E-state index contributed by atoms with van der Waals surface area (Å²) < 4.78 is 11.3. The van der Waals surface area contributed by atoms with Gasteiger partial charge in [-0.3, -0.25) is 0 Å². The van der Waals surface area contributed by atoms with E-state index < -0.39 is 0 Å². The predicted molar refractivity (Wildman–Crippen MR) is 77.1 cm³/mol. The molecule has 0 aromatic carbocycles. The maximum Gasteiger partial charge on any atom is 0.106 e. The highest BCUT2D eigenvalue weighted by atomic mass is 32.1. The molecule has 4 heteroatoms. The highest BCUT2D eigenvalue weighted by Crippen LogP contribution is 2.27. The molecule has 3 nitrogen and oxygen atoms in total. The van der Waals surface area contributed by atoms with E-state index in [9.17, 15) is 0 Å². The molecule has 1 rings (SSSR count). The van der Waals surface area contributed by atoms with Crippen LogP contribution in [0.5, 0.6) is 0 Å². The van der Waals surface area contributed by atoms with Crippen molar-refractivity contribution < 1.29 is 9.47 Å². The molecule has 0 saturated carbocycles. The first-order valence-corrected chi connectivity index (χ1v) is 7.48. The normalized spacial score (nSPS) is 14.7. The van der Waals surface area contributed by atoms with Gasteiger partial charge in [0.15, 0.2) is 0 Å². The van der Waals surface area contributed by atoms with Crippen LogP contribution in [0.15, 0.2) is 12.1 Å². The number of ether oxygens (including phenoxy) is 2. The Morgan fingerprint density at radius 2 is 2.06 bits per heavy atom. The Bertz CT molecular complexity index is 325. The fourth-order valence-electron chi connectivity index (χ4n) is 1.68. The number of hydrogen-bond acceptors (Lipinski definition) is 4. The summed E-state index contributed by atoms with van der Waals surface area (Å²) in [4.78, 5) is 2.49. The van der Waals surface area contributed by atoms with Gasteiger partial charge in [0, 0.05) is 22.4 Å². The van der Waals surface area contributed by atoms with Crippen molar-refractivity contribution >= 4 is 11.3 Å². The first-order chi connectivity index (χ1) is 8.65. The third-order valence-electron chi connectivity index (χ3n) is 2.69. The predicted octanol–water partition coefficient (Wildman–Crippen LogP) is 3.28. The van der Waals surface area contributed by atoms with Crippen molar-refractivity contribution in [3.05, 3.63) is 21.9 Å². The Morgan fingerprint density at radius 3 is 2.61 bits per heavy atom. The minimum atomic E-state index is -0.0153. The van der Waals surface area contributed by atoms with Crippen molar-refractivity contribution in [1.82, 2.24) is 0 Å². The monoisotopic (exact) mass is 271 g/mol. The Hall–Kier alpha value is -0.420. The molecule has 0 radical (unpaired) electrons. The van der Waals surface area contributed by atoms with Crippen molar-refractivity contribution in [2.75, 3.05) is 19.8 Å². The average Bonchev–Trinajstić information content (AvgIpc) is 2.74. The summed E-state index contributed by atoms with van der Waals surface area (Å²) in [7, 11) is 0. The second kappa shape index (κ2) is 8.64. The van der Waals surface area contributed by atoms with Gasteiger partial charge in [-0.1, -0.05) is 13.3 Å². The largest absolute Gasteiger partial charge is 0.379 e. The molecule has 0 amide bonds. The molecule has 1 aromatic heterocycles. The minimum absolute atomic E-state index is 0.00121. The smallest absolute Gasteiger partial charge is 0.106 e. The van der Waals surface area contributed by atoms with Crippen LogP contribution in [-0.4, -0.2) is 25.9 Å². The molecule has 1 aromatic rings. The van der Waals surface area contributed by atoms with Crippen molar-refractivity contribution in [2.45, 2.75) is 45.8 Å². The van der Waals surface area contributed by atoms with Gasteiger partial charge in [-0.2, -0.15) is 0 Å². The van der Waals surface area contributed by atoms with Gasteiger partial charge < -0.3 is 15.2 Å². The van der Waals surface area contributed by atoms with Gasteiger partial charge in [0.1, 0.15) is 6.10 Å². The lowest BCUT2D eigenvalue weighted by Crippen LogP contribution is -2.27. The molecular formula is C14H25NO2S. The first-order valence-electron chi connectivity index (χ1n) is 6.66. The Kier molecular flexibility index (Phi) is 7.51. The Balaban J connectivity index is 2.31. The Morgan fingerprint density at radius 1 is 1.28 bits per heavy atom. The zero-order valence-electron chi connectivity index (χ0n) is 11.6. The summed E-state index contributed by atoms with van der Waals surface area (Å²) in [6.07, 6.45) is 2.26. The quantitative estimate of drug-likeness (QED) is 0.701. The van der Waals surface area contributed by atoms with E-state index in [-0.39, 0.29) is 12.1 Å². The second-order valence-corrected chi connectivity index (χ2v) is 5.88. The third-order valence-corrected chi connectivity index (χ3v) is 3.75. The second-order valence-electron chi connectivity index (χ2n) is 4.56. The molecule has 0 bridgehead atoms. The lowest BCUT2D eigenvalue weighted by Gasteiger charge is -2.20. The van der Waals surface area contributed by atoms with E-state index in [0.29, 0.717) is 13.2 Å². The standard InChI is InChI=1S/C14H25NO2S/c1-4-5-8-16-9-10-17-14(12(3)15)13-7-6-11(2)18-13/h6-7,12,14H,4-5,8-10,15H2,1-3H3. The summed E-state index contributed by atoms with van der Waals surface area (Å²) in [6, 6.07) is 4.21. The van der Waals surface area contributed by atoms with Crippen LogP contribution >= 0.6 is 11.3 Å². The SMILES string of the molecule is CCCCOCCOC(c1ccc(C)s1)C(C)N. The van der Waals surface area contributed by atoms with Crippen LogP contribution in [-0.2, 0) is 9.47 Å². The summed E-state index contributed by atoms with van der Waals surface area (Å²) >= 11 is 1.75. The molecule has 2 N–H and O–H groups in total. The van der Waals surface area contributed by atoms with Crippen LogP contribution < -0.4 is 5.73 Å². The molecule has 0 saturated heterocycles. The molecule has 104 valence electrons. The first kappa shape index (κ1) is 15.6. The maximum atomic E-state index is 5.98. The molecule has 0 fully saturated rings. The number of nitrogens with two attached hydrogens (primary N) is 1. The van der Waals surface area contributed by atoms with E-state index in [0.717, 1.165) is 19.4 Å². The van der Waals surface area contributed by atoms with Gasteiger partial charge >= 0.3 is 0 Å². The van der Waals surface area contributed by atoms with Gasteiger partial charge in [-0.15, -0.1) is 11.3 Å². The molecule has 1 heterocycles. The third kappa shape index (κ3) is 5.48. The molecule has 2 atom stereocenters. The van der Waals surface area contributed by atoms with Crippen LogP contribution in [0.2, 0.25) is 0 Å². The zero-order valence-corrected chi connectivity index (χ0v) is 12.5. The van der Waals surface area contributed by atoms with Crippen molar-refractivity contribution in [3.8, 4) is 0 Å². The zero-order chi connectivity index (χ0) is 13.4. The van der Waals surface area contributed by atoms with Crippen LogP contribution in [0.3, 0.4) is 0 Å². The summed E-state index contributed by atoms with van der Waals surface area (Å²) in [6.45, 7) is 8.31. The molecule has 0 aliphatic rings. The topological polar surface area (TPSA) is 44.5 Å². The van der Waals surface area contributed by atoms with Crippen LogP contribution in [0, 0.1) is 6.92 Å². The van der Waals surface area contributed by atoms with Gasteiger partial charge in [-0.25, -0.2) is 0 Å². The Labute approximate surface area is 114 Å². The number of unbranched alkanes of at least 4 members (excludes halogenated alkanes) is 1. The van der Waals surface area contributed by atoms with Crippen LogP contribution in [0.1, 0.15) is 42.5 Å². The average molecular weight is 271 g/mol. The minimum Gasteiger partial charge on any atom is -0.379 e. The van der Waals surface area contributed by atoms with E-state index in [4.69, 9.17) is 15.2 Å². The van der Waals surface area contributed by atoms with Crippen molar-refractivity contribution in [1.29, 1.82) is 0 Å². The fraction of sp³-hybridized carbons (Fsp3) is 0.714. The highest BCUT2D eigenvalue weighted by molar-refractivity contribution is 7.12. The summed E-state index contributed by atoms with van der Waals surface area (Å²) in [5, 5.41) is 0. The van der Waals surface area contributed by atoms with E-state index in [1.54, 1.807) is 11.3 Å². The lowest BCUT2D eigenvalue weighted by atomic mass is 10.1. The fourth-order valence-corrected chi connectivity index (χ4v) is 2.72. The maximum absolute atomic E-state index is 5.98. The molecule has 0 aliphatic carbocycles. The molecule has 2 unspecified atom stereocenters. The summed E-state index contributed by atoms with van der Waals surface area (Å²) in [5.41, 5.74) is 5.98. The van der Waals surface area contributed by atoms with Crippen LogP contribution in [0.25, 0.3) is 0 Å². The highest BCUT2D eigenvalue weighted by Gasteiger charge is 2.18. The summed E-state index contributed by atoms with van der Waals surface area (Å²) in [5.74, 6) is 0. The molecule has 0 spiro atoms. The lowest BCUT2D eigenvalue weighted by molar-refractivity contribution is -0.00375. The van der Waals surface area contributed by atoms with Gasteiger partial charge in [0.2, 0.25) is 0 Å². The number of aryl methyl sites for hydroxylation is 1. The van der Waals surface area contributed by atoms with Crippen molar-refractivity contribution in [3.63, 3.8) is 0 Å². The van der Waals surface area contributed by atoms with Crippen LogP contribution in [0.4, 0.5) is 0 Å². The van der Waals surface area contributed by atoms with E-state index in [2.05, 4.69) is 26.0 Å². The molecule has 18 heavy (non-hydrogen) atoms. The number of rotatable bonds is 9. The van der Waals surface area contributed by atoms with E-state index in [1.165, 1.54) is 9.75 Å². The van der Waals surface area contributed by atoms with Gasteiger partial charge in [0.25, 0.3) is 0 Å². The number of thiophene rings is 1. The van der Waals surface area contributed by atoms with E-state index >= 15 is 0 Å². The number of hydrogen-bond donors (Lipinski definition) is 1. The molecule has 0 aliphatic heterocycles. The van der Waals surface area contributed by atoms with Crippen molar-refractivity contribution in [2.24, 2.45) is 5.73 Å².